The van der Waals surface area contributed by atoms with E-state index in [0.717, 1.165) is 0 Å². The van der Waals surface area contributed by atoms with Crippen LogP contribution in [0.15, 0.2) is 0 Å². The fourth-order valence-corrected chi connectivity index (χ4v) is 1.21. The van der Waals surface area contributed by atoms with E-state index >= 15 is 0 Å². The van der Waals surface area contributed by atoms with Crippen LogP contribution in [-0.2, 0) is 28.8 Å². The van der Waals surface area contributed by atoms with Crippen LogP contribution in [0.4, 0.5) is 0 Å². The molecule has 0 aromatic rings. The topological polar surface area (TPSA) is 74.3 Å². The van der Waals surface area contributed by atoms with Gasteiger partial charge in [0.25, 0.3) is 0 Å². The van der Waals surface area contributed by atoms with Crippen molar-refractivity contribution in [2.75, 3.05) is 19.8 Å². The van der Waals surface area contributed by atoms with Crippen molar-refractivity contribution in [2.45, 2.75) is 32.6 Å². The Morgan fingerprint density at radius 3 is 2.29 bits per heavy atom. The van der Waals surface area contributed by atoms with Crippen LogP contribution in [0.3, 0.4) is 0 Å². The zero-order valence-electron chi connectivity index (χ0n) is 9.85. The van der Waals surface area contributed by atoms with E-state index in [9.17, 15) is 9.59 Å². The van der Waals surface area contributed by atoms with Crippen LogP contribution in [0.1, 0.15) is 32.6 Å². The molecule has 0 spiro atoms. The molecule has 0 saturated carbocycles. The zero-order chi connectivity index (χ0) is 12.5. The average molecular weight is 247 g/mol. The summed E-state index contributed by atoms with van der Waals surface area (Å²) in [5.74, 6) is -0.692. The lowest BCUT2D eigenvalue weighted by Gasteiger charge is -2.09. The molecular weight excluding hydrogens is 230 g/mol. The molecule has 0 amide bonds. The Balaban J connectivity index is 1.98. The summed E-state index contributed by atoms with van der Waals surface area (Å²) in [5.41, 5.74) is 0. The van der Waals surface area contributed by atoms with Gasteiger partial charge in [-0.2, -0.15) is 0 Å². The maximum absolute atomic E-state index is 11.2. The Labute approximate surface area is 99.4 Å². The number of rotatable bonds is 7. The van der Waals surface area contributed by atoms with Crippen molar-refractivity contribution in [3.8, 4) is 0 Å². The van der Waals surface area contributed by atoms with Crippen molar-refractivity contribution >= 4 is 11.9 Å². The number of carbonyl (C=O) groups is 2. The van der Waals surface area contributed by atoms with Crippen molar-refractivity contribution in [2.24, 2.45) is 0 Å². The van der Waals surface area contributed by atoms with Crippen molar-refractivity contribution in [1.82, 2.24) is 5.39 Å². The lowest BCUT2D eigenvalue weighted by molar-refractivity contribution is -0.460. The smallest absolute Gasteiger partial charge is 0.330 e. The summed E-state index contributed by atoms with van der Waals surface area (Å²) in [6.45, 7) is 2.88. The number of carbonyl (C=O) groups excluding carboxylic acids is 2. The van der Waals surface area contributed by atoms with Gasteiger partial charge in [0, 0.05) is 12.8 Å². The van der Waals surface area contributed by atoms with E-state index in [1.54, 1.807) is 6.92 Å². The van der Waals surface area contributed by atoms with Crippen LogP contribution in [0.2, 0.25) is 0 Å². The maximum atomic E-state index is 11.2. The summed E-state index contributed by atoms with van der Waals surface area (Å²) >= 11 is 0. The third-order valence-corrected chi connectivity index (χ3v) is 1.97. The molecule has 0 aromatic heterocycles. The number of unbranched alkanes of at least 4 members (excludes halogenated alkanes) is 1. The predicted molar refractivity (Wildman–Crippen MR) is 54.9 cm³/mol. The Bertz CT molecular complexity index is 251. The minimum Gasteiger partial charge on any atom is -0.466 e. The predicted octanol–water partition coefficient (Wildman–Crippen LogP) is 0.747. The van der Waals surface area contributed by atoms with Crippen LogP contribution in [0.25, 0.3) is 0 Å². The molecular formula is C10H17NO6. The van der Waals surface area contributed by atoms with Crippen LogP contribution >= 0.6 is 0 Å². The molecule has 98 valence electrons. The summed E-state index contributed by atoms with van der Waals surface area (Å²) < 4.78 is 4.75. The first-order valence-corrected chi connectivity index (χ1v) is 5.64. The second kappa shape index (κ2) is 7.99. The molecule has 7 nitrogen and oxygen atoms in total. The summed E-state index contributed by atoms with van der Waals surface area (Å²) in [7, 11) is 0. The highest BCUT2D eigenvalue weighted by atomic mass is 17.2. The van der Waals surface area contributed by atoms with Gasteiger partial charge in [0.1, 0.15) is 18.6 Å². The van der Waals surface area contributed by atoms with Crippen molar-refractivity contribution in [3.05, 3.63) is 0 Å². The second-order valence-electron chi connectivity index (χ2n) is 3.37. The van der Waals surface area contributed by atoms with E-state index in [1.807, 2.05) is 0 Å². The quantitative estimate of drug-likeness (QED) is 0.485. The van der Waals surface area contributed by atoms with Gasteiger partial charge in [-0.05, 0) is 19.8 Å². The monoisotopic (exact) mass is 247 g/mol. The molecule has 0 unspecified atom stereocenters. The Morgan fingerprint density at radius 1 is 1.12 bits per heavy atom. The molecule has 1 aliphatic heterocycles. The molecule has 1 rings (SSSR count). The van der Waals surface area contributed by atoms with Gasteiger partial charge in [-0.25, -0.2) is 9.68 Å². The lowest BCUT2D eigenvalue weighted by Crippen LogP contribution is -2.21. The van der Waals surface area contributed by atoms with Gasteiger partial charge in [0.15, 0.2) is 0 Å². The highest BCUT2D eigenvalue weighted by molar-refractivity contribution is 5.70. The van der Waals surface area contributed by atoms with Crippen LogP contribution in [-0.4, -0.2) is 37.1 Å². The highest BCUT2D eigenvalue weighted by Crippen LogP contribution is 2.07. The van der Waals surface area contributed by atoms with Crippen LogP contribution in [0, 0.1) is 0 Å². The molecule has 1 fully saturated rings. The molecule has 0 aliphatic carbocycles. The molecule has 0 N–H and O–H groups in total. The van der Waals surface area contributed by atoms with Gasteiger partial charge < -0.3 is 9.57 Å². The van der Waals surface area contributed by atoms with Crippen molar-refractivity contribution in [1.29, 1.82) is 0 Å². The van der Waals surface area contributed by atoms with E-state index in [2.05, 4.69) is 0 Å². The third-order valence-electron chi connectivity index (χ3n) is 1.97. The van der Waals surface area contributed by atoms with Gasteiger partial charge in [-0.15, -0.1) is 0 Å². The Hall–Kier alpha value is -1.18. The molecule has 0 atom stereocenters. The molecule has 1 aliphatic rings. The van der Waals surface area contributed by atoms with E-state index in [4.69, 9.17) is 19.2 Å². The van der Waals surface area contributed by atoms with Gasteiger partial charge in [0.05, 0.1) is 6.61 Å². The first-order valence-electron chi connectivity index (χ1n) is 5.64. The van der Waals surface area contributed by atoms with E-state index < -0.39 is 5.97 Å². The summed E-state index contributed by atoms with van der Waals surface area (Å²) in [4.78, 5) is 36.5. The highest BCUT2D eigenvalue weighted by Gasteiger charge is 2.18. The standard InChI is InChI=1S/C10H17NO6/c1-2-14-9(12)5-3-4-6-10(13)17-11-15-7-8-16-11/h2-8H2,1H3. The summed E-state index contributed by atoms with van der Waals surface area (Å²) in [6, 6.07) is 0. The minimum atomic E-state index is -0.448. The fraction of sp³-hybridized carbons (Fsp3) is 0.800. The molecule has 1 saturated heterocycles. The average Bonchev–Trinajstić information content (AvgIpc) is 2.77. The number of nitrogens with zero attached hydrogens (tertiary/aromatic N) is 1. The van der Waals surface area contributed by atoms with Crippen LogP contribution in [0.5, 0.6) is 0 Å². The molecule has 0 bridgehead atoms. The molecule has 17 heavy (non-hydrogen) atoms. The fourth-order valence-electron chi connectivity index (χ4n) is 1.21. The third kappa shape index (κ3) is 6.20. The van der Waals surface area contributed by atoms with Gasteiger partial charge >= 0.3 is 11.9 Å². The van der Waals surface area contributed by atoms with Crippen molar-refractivity contribution in [3.63, 3.8) is 0 Å². The SMILES string of the molecule is CCOC(=O)CCCCC(=O)ON1OCCO1. The van der Waals surface area contributed by atoms with Crippen LogP contribution < -0.4 is 0 Å². The normalized spacial score (nSPS) is 15.8. The minimum absolute atomic E-state index is 0.211. The first-order chi connectivity index (χ1) is 8.22. The molecule has 7 heteroatoms. The van der Waals surface area contributed by atoms with Gasteiger partial charge in [-0.3, -0.25) is 9.59 Å². The van der Waals surface area contributed by atoms with Crippen molar-refractivity contribution < 1.29 is 28.8 Å². The Kier molecular flexibility index (Phi) is 6.53. The van der Waals surface area contributed by atoms with E-state index in [0.29, 0.717) is 44.5 Å². The first kappa shape index (κ1) is 13.9. The molecule has 0 radical (unpaired) electrons. The number of hydrogen-bond acceptors (Lipinski definition) is 7. The molecule has 0 aromatic carbocycles. The lowest BCUT2D eigenvalue weighted by atomic mass is 10.2. The summed E-state index contributed by atoms with van der Waals surface area (Å²) in [5, 5.41) is 0.716. The van der Waals surface area contributed by atoms with Gasteiger partial charge in [0.2, 0.25) is 0 Å². The number of esters is 1. The van der Waals surface area contributed by atoms with E-state index in [-0.39, 0.29) is 12.4 Å². The Morgan fingerprint density at radius 2 is 1.71 bits per heavy atom. The largest absolute Gasteiger partial charge is 0.466 e. The molecule has 1 heterocycles. The summed E-state index contributed by atoms with van der Waals surface area (Å²) in [6.07, 6.45) is 1.68. The number of ether oxygens (including phenoxy) is 1. The zero-order valence-corrected chi connectivity index (χ0v) is 9.85. The number of hydrogen-bond donors (Lipinski definition) is 0. The van der Waals surface area contributed by atoms with E-state index in [1.165, 1.54) is 0 Å². The second-order valence-corrected chi connectivity index (χ2v) is 3.37. The van der Waals surface area contributed by atoms with Gasteiger partial charge in [-0.1, -0.05) is 0 Å². The maximum Gasteiger partial charge on any atom is 0.330 e.